The number of nitrogens with zero attached hydrogens (tertiary/aromatic N) is 1. The smallest absolute Gasteiger partial charge is 0.459 e. The van der Waals surface area contributed by atoms with Crippen LogP contribution in [-0.4, -0.2) is 46.0 Å². The van der Waals surface area contributed by atoms with E-state index in [1.165, 1.54) is 13.8 Å². The molecule has 2 aliphatic rings. The first-order valence-electron chi connectivity index (χ1n) is 11.3. The van der Waals surface area contributed by atoms with E-state index < -0.39 is 49.0 Å². The molecule has 0 bridgehead atoms. The highest BCUT2D eigenvalue weighted by atomic mass is 31.2. The Morgan fingerprint density at radius 3 is 2.74 bits per heavy atom. The molecule has 0 radical (unpaired) electrons. The van der Waals surface area contributed by atoms with Gasteiger partial charge in [0.25, 0.3) is 5.56 Å². The van der Waals surface area contributed by atoms with Crippen molar-refractivity contribution in [3.05, 3.63) is 57.1 Å². The molecule has 13 heteroatoms. The first-order valence-corrected chi connectivity index (χ1v) is 12.9. The van der Waals surface area contributed by atoms with E-state index in [0.29, 0.717) is 12.2 Å². The number of halogens is 1. The fourth-order valence-electron chi connectivity index (χ4n) is 3.68. The molecule has 0 saturated carbocycles. The molecule has 1 saturated heterocycles. The molecule has 0 aromatic carbocycles. The second-order valence-electron chi connectivity index (χ2n) is 8.92. The van der Waals surface area contributed by atoms with Crippen LogP contribution in [0.2, 0.25) is 0 Å². The molecular formula is C22H31FN3O8P. The number of carbonyl (C=O) groups excluding carboxylic acids is 1. The van der Waals surface area contributed by atoms with E-state index in [9.17, 15) is 18.9 Å². The van der Waals surface area contributed by atoms with Crippen molar-refractivity contribution in [2.24, 2.45) is 0 Å². The molecule has 2 heterocycles. The predicted octanol–water partition coefficient (Wildman–Crippen LogP) is 2.86. The molecule has 1 aromatic heterocycles. The minimum atomic E-state index is -4.13. The third-order valence-corrected chi connectivity index (χ3v) is 6.88. The summed E-state index contributed by atoms with van der Waals surface area (Å²) < 4.78 is 51.8. The zero-order valence-corrected chi connectivity index (χ0v) is 21.0. The summed E-state index contributed by atoms with van der Waals surface area (Å²) in [5.74, 6) is -0.344. The van der Waals surface area contributed by atoms with Crippen LogP contribution >= 0.6 is 7.75 Å². The fourth-order valence-corrected chi connectivity index (χ4v) is 5.21. The van der Waals surface area contributed by atoms with Gasteiger partial charge in [-0.25, -0.2) is 13.8 Å². The van der Waals surface area contributed by atoms with Crippen molar-refractivity contribution < 1.29 is 32.3 Å². The normalized spacial score (nSPS) is 26.7. The lowest BCUT2D eigenvalue weighted by Gasteiger charge is -2.25. The van der Waals surface area contributed by atoms with E-state index in [1.807, 2.05) is 6.08 Å². The minimum absolute atomic E-state index is 0.184. The third-order valence-electron chi connectivity index (χ3n) is 5.24. The lowest BCUT2D eigenvalue weighted by molar-refractivity contribution is -0.149. The SMILES string of the molecule is CC(C)OC(=O)[C@H](C)NP(=O)(OCC1CC(C)(F)C(n2ccc(=O)[nH]c2=O)O1)OC1=CCCC=C1. The van der Waals surface area contributed by atoms with Crippen LogP contribution in [0.3, 0.4) is 0 Å². The molecule has 2 N–H and O–H groups in total. The highest BCUT2D eigenvalue weighted by molar-refractivity contribution is 7.51. The van der Waals surface area contributed by atoms with Gasteiger partial charge in [0.05, 0.1) is 18.8 Å². The van der Waals surface area contributed by atoms with Gasteiger partial charge in [0.15, 0.2) is 11.9 Å². The van der Waals surface area contributed by atoms with Crippen molar-refractivity contribution in [1.29, 1.82) is 0 Å². The lowest BCUT2D eigenvalue weighted by atomic mass is 10.0. The van der Waals surface area contributed by atoms with Crippen molar-refractivity contribution in [1.82, 2.24) is 14.6 Å². The van der Waals surface area contributed by atoms with Crippen LogP contribution in [0.4, 0.5) is 4.39 Å². The summed E-state index contributed by atoms with van der Waals surface area (Å²) in [5.41, 5.74) is -3.43. The van der Waals surface area contributed by atoms with Crippen LogP contribution in [0.25, 0.3) is 0 Å². The van der Waals surface area contributed by atoms with Gasteiger partial charge in [0.2, 0.25) is 0 Å². The van der Waals surface area contributed by atoms with Gasteiger partial charge in [-0.3, -0.25) is 23.7 Å². The highest BCUT2D eigenvalue weighted by Gasteiger charge is 2.48. The molecule has 1 aromatic rings. The number of ether oxygens (including phenoxy) is 2. The molecule has 11 nitrogen and oxygen atoms in total. The number of carbonyl (C=O) groups is 1. The van der Waals surface area contributed by atoms with E-state index in [4.69, 9.17) is 18.5 Å². The monoisotopic (exact) mass is 515 g/mol. The third kappa shape index (κ3) is 7.23. The van der Waals surface area contributed by atoms with Crippen LogP contribution in [0, 0.1) is 0 Å². The van der Waals surface area contributed by atoms with E-state index >= 15 is 4.39 Å². The minimum Gasteiger partial charge on any atom is -0.462 e. The van der Waals surface area contributed by atoms with Gasteiger partial charge in [0.1, 0.15) is 11.8 Å². The standard InChI is InChI=1S/C22H31FN3O8P/c1-14(2)32-19(28)15(3)25-35(30,34-16-8-6-5-7-9-16)31-13-17-12-22(4,23)20(33-17)26-11-10-18(27)24-21(26)29/h6,8-11,14-15,17,20H,5,7,12-13H2,1-4H3,(H,25,30)(H,24,27,29)/t15-,17?,20?,22?,35?/m0/s1. The highest BCUT2D eigenvalue weighted by Crippen LogP contribution is 2.49. The van der Waals surface area contributed by atoms with Crippen molar-refractivity contribution in [3.8, 4) is 0 Å². The first-order chi connectivity index (χ1) is 16.4. The van der Waals surface area contributed by atoms with Crippen LogP contribution in [-0.2, 0) is 27.9 Å². The Kier molecular flexibility index (Phi) is 8.53. The molecule has 1 fully saturated rings. The van der Waals surface area contributed by atoms with E-state index in [1.54, 1.807) is 26.0 Å². The number of aromatic amines is 1. The number of alkyl halides is 1. The molecule has 0 spiro atoms. The Morgan fingerprint density at radius 2 is 2.11 bits per heavy atom. The summed E-state index contributed by atoms with van der Waals surface area (Å²) in [6.45, 7) is 5.72. The molecule has 1 aliphatic carbocycles. The number of allylic oxidation sites excluding steroid dienone is 3. The first kappa shape index (κ1) is 27.1. The van der Waals surface area contributed by atoms with E-state index in [0.717, 1.165) is 23.3 Å². The molecule has 4 unspecified atom stereocenters. The van der Waals surface area contributed by atoms with Crippen molar-refractivity contribution >= 4 is 13.7 Å². The van der Waals surface area contributed by atoms with Crippen LogP contribution in [0.1, 0.15) is 53.2 Å². The molecule has 3 rings (SSSR count). The second kappa shape index (κ2) is 11.0. The average Bonchev–Trinajstić information content (AvgIpc) is 3.06. The number of rotatable bonds is 10. The quantitative estimate of drug-likeness (QED) is 0.356. The van der Waals surface area contributed by atoms with Crippen molar-refractivity contribution in [2.45, 2.75) is 77.1 Å². The Labute approximate surface area is 201 Å². The molecule has 1 aliphatic heterocycles. The van der Waals surface area contributed by atoms with Gasteiger partial charge < -0.3 is 14.0 Å². The fraction of sp³-hybridized carbons (Fsp3) is 0.591. The maximum Gasteiger partial charge on any atom is 0.459 e. The summed E-state index contributed by atoms with van der Waals surface area (Å²) >= 11 is 0. The Balaban J connectivity index is 1.73. The van der Waals surface area contributed by atoms with Gasteiger partial charge in [-0.05, 0) is 52.7 Å². The zero-order chi connectivity index (χ0) is 25.8. The van der Waals surface area contributed by atoms with E-state index in [-0.39, 0.29) is 19.1 Å². The lowest BCUT2D eigenvalue weighted by Crippen LogP contribution is -2.38. The molecule has 5 atom stereocenters. The summed E-state index contributed by atoms with van der Waals surface area (Å²) in [5, 5.41) is 2.57. The maximum absolute atomic E-state index is 15.3. The Morgan fingerprint density at radius 1 is 1.37 bits per heavy atom. The van der Waals surface area contributed by atoms with Crippen LogP contribution in [0.5, 0.6) is 0 Å². The Bertz CT molecular complexity index is 1140. The topological polar surface area (TPSA) is 138 Å². The summed E-state index contributed by atoms with van der Waals surface area (Å²) in [6.07, 6.45) is 5.05. The molecule has 35 heavy (non-hydrogen) atoms. The van der Waals surface area contributed by atoms with Gasteiger partial charge in [0, 0.05) is 18.7 Å². The number of esters is 1. The average molecular weight is 515 g/mol. The number of hydrogen-bond acceptors (Lipinski definition) is 8. The Hall–Kier alpha value is -2.53. The maximum atomic E-state index is 15.3. The zero-order valence-electron chi connectivity index (χ0n) is 20.1. The van der Waals surface area contributed by atoms with Crippen molar-refractivity contribution in [3.63, 3.8) is 0 Å². The van der Waals surface area contributed by atoms with E-state index in [2.05, 4.69) is 10.1 Å². The van der Waals surface area contributed by atoms with Crippen LogP contribution in [0.15, 0.2) is 45.8 Å². The van der Waals surface area contributed by atoms with Gasteiger partial charge in [-0.1, -0.05) is 6.08 Å². The number of aromatic nitrogens is 2. The van der Waals surface area contributed by atoms with Gasteiger partial charge in [-0.15, -0.1) is 0 Å². The van der Waals surface area contributed by atoms with Crippen molar-refractivity contribution in [2.75, 3.05) is 6.61 Å². The van der Waals surface area contributed by atoms with Gasteiger partial charge in [-0.2, -0.15) is 5.09 Å². The second-order valence-corrected chi connectivity index (χ2v) is 10.6. The predicted molar refractivity (Wildman–Crippen MR) is 124 cm³/mol. The molecule has 194 valence electrons. The summed E-state index contributed by atoms with van der Waals surface area (Å²) in [6, 6.07) is 0.0551. The molecule has 0 amide bonds. The largest absolute Gasteiger partial charge is 0.462 e. The number of H-pyrrole nitrogens is 1. The number of nitrogens with one attached hydrogen (secondary N) is 2. The van der Waals surface area contributed by atoms with Gasteiger partial charge >= 0.3 is 19.4 Å². The summed E-state index contributed by atoms with van der Waals surface area (Å²) in [4.78, 5) is 37.8. The summed E-state index contributed by atoms with van der Waals surface area (Å²) in [7, 11) is -4.13. The van der Waals surface area contributed by atoms with Crippen LogP contribution < -0.4 is 16.3 Å². The molecular weight excluding hydrogens is 484 g/mol. The number of hydrogen-bond donors (Lipinski definition) is 2.